The second-order valence-electron chi connectivity index (χ2n) is 32.0. The normalized spacial score (nSPS) is 28.1. The maximum atomic E-state index is 12.4. The summed E-state index contributed by atoms with van der Waals surface area (Å²) in [6, 6.07) is 95.4. The lowest BCUT2D eigenvalue weighted by molar-refractivity contribution is -0.346. The number of hydrogen-bond acceptors (Lipinski definition) is 26. The Bertz CT molecular complexity index is 4700. The molecule has 0 amide bonds. The lowest BCUT2D eigenvalue weighted by atomic mass is 9.98. The first kappa shape index (κ1) is 92.9. The smallest absolute Gasteiger partial charge is 0.187 e. The van der Waals surface area contributed by atoms with Gasteiger partial charge in [-0.2, -0.15) is 0 Å². The molecule has 0 bridgehead atoms. The third-order valence-corrected chi connectivity index (χ3v) is 23.0. The van der Waals surface area contributed by atoms with Crippen LogP contribution in [0.2, 0.25) is 0 Å². The fraction of sp³-hybridized carbons (Fsp3) is 0.406. The van der Waals surface area contributed by atoms with Crippen molar-refractivity contribution in [2.45, 2.75) is 220 Å². The van der Waals surface area contributed by atoms with Crippen molar-refractivity contribution in [3.05, 3.63) is 359 Å². The van der Waals surface area contributed by atoms with Gasteiger partial charge in [0.15, 0.2) is 31.5 Å². The average molecular weight is 1740 g/mol. The maximum Gasteiger partial charge on any atom is 0.187 e. The molecule has 5 fully saturated rings. The highest BCUT2D eigenvalue weighted by Crippen LogP contribution is 2.43. The summed E-state index contributed by atoms with van der Waals surface area (Å²) in [5, 5.41) is 70.4. The molecule has 0 saturated carbocycles. The minimum atomic E-state index is -1.74. The van der Waals surface area contributed by atoms with Gasteiger partial charge in [0.2, 0.25) is 0 Å². The molecule has 25 atom stereocenters. The SMILES string of the molecule is CO[C@@H]1O[C@@H]([C@@H](CO[C@@H]2O[C@@H]([C@@H](COCc3ccccc3)O[C@@H]3O[C@@H]([C@H](O)CO)[C@H](OCc4ccccc4)[C@H]3O[C@H]3O[C@@H]([C@H](O)CO)[C@H](OCc4ccccc4)[C@H]3O[C@H]3O[C@H](CO)[C@@H](O)[C@H](OCc4ccccc4)[C@H]3OCc3ccccc3)[C@H](OCc3ccccc3)[C@H]2OCc2ccccc2)OCc2ccccc2)[C@H](OCc2ccccc2)[C@H]1OCc1ccccc1. The number of rotatable bonds is 48. The first-order valence-electron chi connectivity index (χ1n) is 43.3. The maximum absolute atomic E-state index is 12.4. The third kappa shape index (κ3) is 25.4. The Hall–Kier alpha value is -8.84. The molecule has 26 heteroatoms. The lowest BCUT2D eigenvalue weighted by Gasteiger charge is -2.45. The zero-order valence-corrected chi connectivity index (χ0v) is 70.8. The van der Waals surface area contributed by atoms with Crippen LogP contribution in [0.25, 0.3) is 0 Å². The van der Waals surface area contributed by atoms with Crippen LogP contribution in [0.4, 0.5) is 0 Å². The van der Waals surface area contributed by atoms with E-state index in [2.05, 4.69) is 0 Å². The van der Waals surface area contributed by atoms with E-state index in [9.17, 15) is 30.6 Å². The topological polar surface area (TPSA) is 306 Å². The van der Waals surface area contributed by atoms with Crippen molar-refractivity contribution in [2.75, 3.05) is 40.1 Å². The fourth-order valence-electron chi connectivity index (χ4n) is 16.4. The number of aliphatic hydroxyl groups is 6. The monoisotopic (exact) mass is 1740 g/mol. The van der Waals surface area contributed by atoms with E-state index < -0.39 is 173 Å². The molecule has 0 aliphatic carbocycles. The van der Waals surface area contributed by atoms with Gasteiger partial charge < -0.3 is 125 Å². The van der Waals surface area contributed by atoms with Gasteiger partial charge in [0, 0.05) is 7.11 Å². The Labute approximate surface area is 740 Å². The summed E-state index contributed by atoms with van der Waals surface area (Å²) in [6.07, 6.45) is -33.2. The molecule has 5 aliphatic rings. The Kier molecular flexibility index (Phi) is 35.2. The molecule has 5 heterocycles. The van der Waals surface area contributed by atoms with Crippen LogP contribution < -0.4 is 0 Å². The minimum Gasteiger partial charge on any atom is -0.394 e. The summed E-state index contributed by atoms with van der Waals surface area (Å²) < 4.78 is 141. The van der Waals surface area contributed by atoms with Crippen LogP contribution >= 0.6 is 0 Å². The molecule has 127 heavy (non-hydrogen) atoms. The molecular weight excluding hydrogens is 1630 g/mol. The summed E-state index contributed by atoms with van der Waals surface area (Å²) in [6.45, 7) is -2.52. The molecular formula is C101H114O26. The van der Waals surface area contributed by atoms with Gasteiger partial charge in [0.25, 0.3) is 0 Å². The summed E-state index contributed by atoms with van der Waals surface area (Å²) in [5.41, 5.74) is 8.07. The fourth-order valence-corrected chi connectivity index (χ4v) is 16.4. The number of aliphatic hydroxyl groups excluding tert-OH is 6. The van der Waals surface area contributed by atoms with E-state index in [1.165, 1.54) is 0 Å². The van der Waals surface area contributed by atoms with E-state index in [0.29, 0.717) is 11.1 Å². The quantitative estimate of drug-likeness (QED) is 0.0206. The van der Waals surface area contributed by atoms with Crippen LogP contribution in [0.1, 0.15) is 55.6 Å². The third-order valence-electron chi connectivity index (χ3n) is 23.0. The molecule has 5 aliphatic heterocycles. The molecule has 15 rings (SSSR count). The molecule has 0 unspecified atom stereocenters. The van der Waals surface area contributed by atoms with Crippen LogP contribution in [0.15, 0.2) is 303 Å². The molecule has 0 spiro atoms. The first-order chi connectivity index (χ1) is 62.5. The van der Waals surface area contributed by atoms with E-state index in [-0.39, 0.29) is 79.3 Å². The molecule has 0 radical (unpaired) electrons. The number of benzene rings is 10. The van der Waals surface area contributed by atoms with E-state index in [1.807, 2.05) is 303 Å². The van der Waals surface area contributed by atoms with Crippen molar-refractivity contribution in [3.8, 4) is 0 Å². The largest absolute Gasteiger partial charge is 0.394 e. The van der Waals surface area contributed by atoms with Crippen molar-refractivity contribution < 1.29 is 125 Å². The number of ether oxygens (including phenoxy) is 20. The Morgan fingerprint density at radius 1 is 0.268 bits per heavy atom. The van der Waals surface area contributed by atoms with Crippen LogP contribution in [-0.2, 0) is 161 Å². The van der Waals surface area contributed by atoms with Gasteiger partial charge in [0.1, 0.15) is 122 Å². The lowest BCUT2D eigenvalue weighted by Crippen LogP contribution is -2.62. The summed E-state index contributed by atoms with van der Waals surface area (Å²) in [5.74, 6) is 0. The van der Waals surface area contributed by atoms with E-state index in [1.54, 1.807) is 7.11 Å². The van der Waals surface area contributed by atoms with Gasteiger partial charge in [-0.25, -0.2) is 0 Å². The van der Waals surface area contributed by atoms with Gasteiger partial charge in [-0.15, -0.1) is 0 Å². The molecule has 6 N–H and O–H groups in total. The molecule has 674 valence electrons. The average Bonchev–Trinajstić information content (AvgIpc) is 1.70. The summed E-state index contributed by atoms with van der Waals surface area (Å²) >= 11 is 0. The minimum absolute atomic E-state index is 0.00702. The zero-order valence-electron chi connectivity index (χ0n) is 70.8. The van der Waals surface area contributed by atoms with Crippen LogP contribution in [0.3, 0.4) is 0 Å². The standard InChI is InChI=1S/C101H114O26/c1-108-97-93(117-63-75-48-28-10-29-49-75)90(114-60-72-42-22-7-23-43-72)85(124-97)80(110-56-68-34-14-3-15-35-68)66-119-98-94(118-64-76-50-30-11-31-51-76)91(115-61-73-44-24-8-25-45-73)86(125-98)81(65-109-55-67-32-12-2-13-33-67)121-100-95(88(83(122-100)77(105)52-102)112-58-70-38-18-5-19-39-70)127-101-96(89(84(123-101)78(106)53-103)113-59-71-40-20-6-21-41-71)126-99-92(116-62-74-46-26-9-27-47-74)87(82(107)79(54-104)120-99)111-57-69-36-16-4-17-37-69/h2-51,77-107H,52-66H2,1H3/t77-,78-,79-,80-,81-,82-,83+,84+,85+,86+,87+,88+,89+,90+,91+,92-,93-,94-,95-,96-,97-,98-,99-,100-,101-/m1/s1. The van der Waals surface area contributed by atoms with Crippen LogP contribution in [0, 0.1) is 0 Å². The second kappa shape index (κ2) is 48.2. The number of hydrogen-bond donors (Lipinski definition) is 6. The molecule has 10 aromatic carbocycles. The van der Waals surface area contributed by atoms with Crippen molar-refractivity contribution in [3.63, 3.8) is 0 Å². The number of methoxy groups -OCH3 is 1. The highest BCUT2D eigenvalue weighted by atomic mass is 16.8. The van der Waals surface area contributed by atoms with Crippen molar-refractivity contribution >= 4 is 0 Å². The van der Waals surface area contributed by atoms with Gasteiger partial charge in [-0.05, 0) is 55.6 Å². The Morgan fingerprint density at radius 3 is 0.898 bits per heavy atom. The van der Waals surface area contributed by atoms with Gasteiger partial charge in [-0.1, -0.05) is 303 Å². The Balaban J connectivity index is 0.825. The van der Waals surface area contributed by atoms with E-state index in [4.69, 9.17) is 94.7 Å². The summed E-state index contributed by atoms with van der Waals surface area (Å²) in [7, 11) is 1.56. The molecule has 10 aromatic rings. The van der Waals surface area contributed by atoms with Crippen LogP contribution in [-0.4, -0.2) is 224 Å². The molecule has 5 saturated heterocycles. The van der Waals surface area contributed by atoms with Crippen molar-refractivity contribution in [1.29, 1.82) is 0 Å². The van der Waals surface area contributed by atoms with Crippen molar-refractivity contribution in [2.24, 2.45) is 0 Å². The molecule has 26 nitrogen and oxygen atoms in total. The summed E-state index contributed by atoms with van der Waals surface area (Å²) in [4.78, 5) is 0. The van der Waals surface area contributed by atoms with Gasteiger partial charge >= 0.3 is 0 Å². The highest BCUT2D eigenvalue weighted by Gasteiger charge is 2.61. The zero-order chi connectivity index (χ0) is 87.3. The van der Waals surface area contributed by atoms with E-state index >= 15 is 0 Å². The van der Waals surface area contributed by atoms with E-state index in [0.717, 1.165) is 44.5 Å². The predicted octanol–water partition coefficient (Wildman–Crippen LogP) is 11.0. The van der Waals surface area contributed by atoms with Gasteiger partial charge in [-0.3, -0.25) is 0 Å². The van der Waals surface area contributed by atoms with Gasteiger partial charge in [0.05, 0.1) is 99.1 Å². The van der Waals surface area contributed by atoms with Crippen LogP contribution in [0.5, 0.6) is 0 Å². The molecule has 0 aromatic heterocycles. The highest BCUT2D eigenvalue weighted by molar-refractivity contribution is 5.22. The van der Waals surface area contributed by atoms with Crippen molar-refractivity contribution in [1.82, 2.24) is 0 Å². The first-order valence-corrected chi connectivity index (χ1v) is 43.3. The second-order valence-corrected chi connectivity index (χ2v) is 32.0. The Morgan fingerprint density at radius 2 is 0.543 bits per heavy atom. The predicted molar refractivity (Wildman–Crippen MR) is 461 cm³/mol.